The lowest BCUT2D eigenvalue weighted by Crippen LogP contribution is -2.36. The Bertz CT molecular complexity index is 4530. The maximum atomic E-state index is 2.50. The molecular formula is C73H47N3. The molecule has 0 unspecified atom stereocenters. The molecule has 3 heterocycles. The summed E-state index contributed by atoms with van der Waals surface area (Å²) in [4.78, 5) is 2.45. The van der Waals surface area contributed by atoms with E-state index in [-0.39, 0.29) is 0 Å². The molecule has 76 heavy (non-hydrogen) atoms. The van der Waals surface area contributed by atoms with Gasteiger partial charge in [-0.15, -0.1) is 0 Å². The van der Waals surface area contributed by atoms with Crippen LogP contribution in [0.15, 0.2) is 285 Å². The average Bonchev–Trinajstić information content (AvgIpc) is 4.28. The molecule has 0 amide bonds. The first-order valence-corrected chi connectivity index (χ1v) is 26.3. The lowest BCUT2D eigenvalue weighted by molar-refractivity contribution is 0.752. The first kappa shape index (κ1) is 42.5. The van der Waals surface area contributed by atoms with Gasteiger partial charge in [-0.1, -0.05) is 206 Å². The van der Waals surface area contributed by atoms with E-state index in [9.17, 15) is 0 Å². The number of hydrogen-bond donors (Lipinski definition) is 0. The number of nitrogens with zero attached hydrogens (tertiary/aromatic N) is 3. The molecule has 14 aromatic rings. The second kappa shape index (κ2) is 16.5. The second-order valence-corrected chi connectivity index (χ2v) is 20.4. The summed E-state index contributed by atoms with van der Waals surface area (Å²) in [5.74, 6) is 0. The van der Waals surface area contributed by atoms with Gasteiger partial charge in [0.05, 0.1) is 38.9 Å². The summed E-state index contributed by atoms with van der Waals surface area (Å²) in [6.07, 6.45) is 0. The van der Waals surface area contributed by atoms with E-state index >= 15 is 0 Å². The molecule has 0 saturated carbocycles. The van der Waals surface area contributed by atoms with Crippen molar-refractivity contribution in [1.82, 2.24) is 9.13 Å². The summed E-state index contributed by atoms with van der Waals surface area (Å²) in [5.41, 5.74) is 24.9. The predicted octanol–water partition coefficient (Wildman–Crippen LogP) is 19.0. The molecule has 2 aliphatic rings. The van der Waals surface area contributed by atoms with Gasteiger partial charge in [0, 0.05) is 38.6 Å². The number of fused-ring (bicyclic) bond motifs is 15. The number of hydrogen-bond acceptors (Lipinski definition) is 1. The van der Waals surface area contributed by atoms with Gasteiger partial charge in [-0.05, 0) is 146 Å². The van der Waals surface area contributed by atoms with Crippen LogP contribution in [-0.4, -0.2) is 9.13 Å². The molecule has 3 heteroatoms. The smallest absolute Gasteiger partial charge is 0.0754 e. The van der Waals surface area contributed by atoms with E-state index in [4.69, 9.17) is 0 Å². The van der Waals surface area contributed by atoms with E-state index < -0.39 is 5.41 Å². The quantitative estimate of drug-likeness (QED) is 0.162. The van der Waals surface area contributed by atoms with E-state index in [1.807, 2.05) is 0 Å². The normalized spacial score (nSPS) is 13.1. The summed E-state index contributed by atoms with van der Waals surface area (Å²) < 4.78 is 4.98. The van der Waals surface area contributed by atoms with E-state index in [1.165, 1.54) is 122 Å². The number of benzene rings is 12. The van der Waals surface area contributed by atoms with Crippen LogP contribution in [0.5, 0.6) is 0 Å². The Morgan fingerprint density at radius 2 is 0.750 bits per heavy atom. The van der Waals surface area contributed by atoms with Gasteiger partial charge in [0.1, 0.15) is 0 Å². The van der Waals surface area contributed by atoms with Gasteiger partial charge in [0.2, 0.25) is 0 Å². The molecule has 0 bridgehead atoms. The van der Waals surface area contributed by atoms with Gasteiger partial charge in [0.25, 0.3) is 0 Å². The summed E-state index contributed by atoms with van der Waals surface area (Å²) in [6, 6.07) is 106. The van der Waals surface area contributed by atoms with Crippen LogP contribution in [0.4, 0.5) is 17.1 Å². The van der Waals surface area contributed by atoms with E-state index in [0.29, 0.717) is 0 Å². The molecule has 1 aliphatic heterocycles. The zero-order valence-electron chi connectivity index (χ0n) is 41.5. The van der Waals surface area contributed by atoms with Crippen molar-refractivity contribution in [3.8, 4) is 55.9 Å². The minimum atomic E-state index is -0.524. The molecule has 3 nitrogen and oxygen atoms in total. The van der Waals surface area contributed by atoms with E-state index in [1.54, 1.807) is 0 Å². The zero-order valence-corrected chi connectivity index (χ0v) is 41.5. The van der Waals surface area contributed by atoms with Gasteiger partial charge in [0.15, 0.2) is 0 Å². The molecule has 16 rings (SSSR count). The fourth-order valence-electron chi connectivity index (χ4n) is 13.4. The Morgan fingerprint density at radius 3 is 1.45 bits per heavy atom. The number of rotatable bonds is 6. The van der Waals surface area contributed by atoms with Crippen LogP contribution >= 0.6 is 0 Å². The Morgan fingerprint density at radius 1 is 0.237 bits per heavy atom. The SMILES string of the molecule is c1ccc(-c2cc(-c3ccccc3)cc(-n3c4ccccc4c4ccc(-c5cccc6c5c5ccccc5n6-c5ccc6c(c5)-c5ccccc5C65c6ccccc6N(c6ccccc6)c6ccccc65)cc43)c2)cc1. The topological polar surface area (TPSA) is 13.1 Å². The highest BCUT2D eigenvalue weighted by Crippen LogP contribution is 2.63. The highest BCUT2D eigenvalue weighted by atomic mass is 15.2. The van der Waals surface area contributed by atoms with Crippen molar-refractivity contribution in [3.05, 3.63) is 307 Å². The minimum Gasteiger partial charge on any atom is -0.310 e. The number of para-hydroxylation sites is 5. The van der Waals surface area contributed by atoms with Gasteiger partial charge in [-0.2, -0.15) is 0 Å². The molecule has 12 aromatic carbocycles. The lowest BCUT2D eigenvalue weighted by Gasteiger charge is -2.45. The molecule has 0 N–H and O–H groups in total. The van der Waals surface area contributed by atoms with Crippen molar-refractivity contribution in [2.24, 2.45) is 0 Å². The lowest BCUT2D eigenvalue weighted by atomic mass is 9.64. The largest absolute Gasteiger partial charge is 0.310 e. The molecule has 0 saturated heterocycles. The summed E-state index contributed by atoms with van der Waals surface area (Å²) in [7, 11) is 0. The molecule has 0 atom stereocenters. The van der Waals surface area contributed by atoms with Crippen molar-refractivity contribution in [2.45, 2.75) is 5.41 Å². The standard InChI is InChI=1S/C73H47N3/c1-4-21-48(22-5-1)51-43-52(49-23-6-2-7-24-49)45-55(44-51)76-66-34-16-11-28-58(66)59-41-39-50(46-71(59)76)56-30-20-38-70-72(56)60-29-12-17-35-67(60)75(70)54-40-42-63-61(47-54)57-27-10-13-31-62(57)73(63)64-32-14-18-36-68(64)74(53-25-8-3-9-26-53)69-37-19-15-33-65(69)73/h1-47H. The highest BCUT2D eigenvalue weighted by molar-refractivity contribution is 6.17. The van der Waals surface area contributed by atoms with Gasteiger partial charge in [-0.3, -0.25) is 0 Å². The van der Waals surface area contributed by atoms with Crippen LogP contribution in [-0.2, 0) is 5.41 Å². The van der Waals surface area contributed by atoms with Crippen LogP contribution in [0.25, 0.3) is 99.5 Å². The Kier molecular flexibility index (Phi) is 9.25. The monoisotopic (exact) mass is 965 g/mol. The van der Waals surface area contributed by atoms with E-state index in [2.05, 4.69) is 299 Å². The zero-order chi connectivity index (χ0) is 49.9. The third-order valence-corrected chi connectivity index (χ3v) is 16.5. The average molecular weight is 966 g/mol. The number of anilines is 3. The summed E-state index contributed by atoms with van der Waals surface area (Å²) >= 11 is 0. The first-order valence-electron chi connectivity index (χ1n) is 26.3. The fourth-order valence-corrected chi connectivity index (χ4v) is 13.4. The van der Waals surface area contributed by atoms with Crippen molar-refractivity contribution >= 4 is 60.7 Å². The Labute approximate surface area is 441 Å². The van der Waals surface area contributed by atoms with Crippen LogP contribution in [0.1, 0.15) is 22.3 Å². The summed E-state index contributed by atoms with van der Waals surface area (Å²) in [5, 5.41) is 4.93. The molecular weight excluding hydrogens is 919 g/mol. The van der Waals surface area contributed by atoms with Crippen molar-refractivity contribution in [2.75, 3.05) is 4.90 Å². The third kappa shape index (κ3) is 6.05. The molecule has 1 spiro atoms. The van der Waals surface area contributed by atoms with Crippen LogP contribution in [0, 0.1) is 0 Å². The van der Waals surface area contributed by atoms with Crippen LogP contribution in [0.3, 0.4) is 0 Å². The molecule has 354 valence electrons. The van der Waals surface area contributed by atoms with Gasteiger partial charge in [-0.25, -0.2) is 0 Å². The maximum Gasteiger partial charge on any atom is 0.0754 e. The van der Waals surface area contributed by atoms with Gasteiger partial charge < -0.3 is 14.0 Å². The maximum absolute atomic E-state index is 2.50. The third-order valence-electron chi connectivity index (χ3n) is 16.5. The van der Waals surface area contributed by atoms with E-state index in [0.717, 1.165) is 17.1 Å². The highest BCUT2D eigenvalue weighted by Gasteiger charge is 2.51. The van der Waals surface area contributed by atoms with Crippen molar-refractivity contribution < 1.29 is 0 Å². The first-order chi connectivity index (χ1) is 37.7. The van der Waals surface area contributed by atoms with Crippen LogP contribution in [0.2, 0.25) is 0 Å². The molecule has 0 radical (unpaired) electrons. The van der Waals surface area contributed by atoms with Gasteiger partial charge >= 0.3 is 0 Å². The molecule has 2 aromatic heterocycles. The van der Waals surface area contributed by atoms with Crippen molar-refractivity contribution in [1.29, 1.82) is 0 Å². The molecule has 0 fully saturated rings. The Hall–Kier alpha value is -9.96. The fraction of sp³-hybridized carbons (Fsp3) is 0.0137. The number of aromatic nitrogens is 2. The Balaban J connectivity index is 0.895. The molecule has 1 aliphatic carbocycles. The minimum absolute atomic E-state index is 0.524. The van der Waals surface area contributed by atoms with Crippen LogP contribution < -0.4 is 4.90 Å². The predicted molar refractivity (Wildman–Crippen MR) is 317 cm³/mol. The second-order valence-electron chi connectivity index (χ2n) is 20.4. The van der Waals surface area contributed by atoms with Crippen molar-refractivity contribution in [3.63, 3.8) is 0 Å². The summed E-state index contributed by atoms with van der Waals surface area (Å²) in [6.45, 7) is 0.